The highest BCUT2D eigenvalue weighted by atomic mass is 16.5. The average Bonchev–Trinajstić information content (AvgIpc) is 2.63. The molecule has 2 fully saturated rings. The molecule has 2 aliphatic rings. The third kappa shape index (κ3) is 2.23. The first-order valence-electron chi connectivity index (χ1n) is 6.23. The van der Waals surface area contributed by atoms with Crippen LogP contribution < -0.4 is 5.73 Å². The molecular weight excluding hydrogens is 204 g/mol. The molecule has 4 nitrogen and oxygen atoms in total. The van der Waals surface area contributed by atoms with Gasteiger partial charge in [0.1, 0.15) is 0 Å². The number of rotatable bonds is 1. The summed E-state index contributed by atoms with van der Waals surface area (Å²) in [6.45, 7) is 6.29. The molecule has 4 atom stereocenters. The monoisotopic (exact) mass is 226 g/mol. The Labute approximate surface area is 97.1 Å². The number of amides is 1. The molecule has 2 heterocycles. The van der Waals surface area contributed by atoms with Gasteiger partial charge in [0.25, 0.3) is 0 Å². The van der Waals surface area contributed by atoms with Gasteiger partial charge in [0.05, 0.1) is 19.1 Å². The summed E-state index contributed by atoms with van der Waals surface area (Å²) in [5.74, 6) is 0.813. The Morgan fingerprint density at radius 1 is 1.38 bits per heavy atom. The molecule has 0 aromatic rings. The van der Waals surface area contributed by atoms with Gasteiger partial charge in [0, 0.05) is 18.6 Å². The van der Waals surface area contributed by atoms with Crippen LogP contribution in [0.25, 0.3) is 0 Å². The predicted molar refractivity (Wildman–Crippen MR) is 61.9 cm³/mol. The van der Waals surface area contributed by atoms with Crippen molar-refractivity contribution in [2.75, 3.05) is 19.8 Å². The van der Waals surface area contributed by atoms with Crippen molar-refractivity contribution in [1.29, 1.82) is 0 Å². The summed E-state index contributed by atoms with van der Waals surface area (Å²) in [5.41, 5.74) is 5.89. The number of piperidine rings is 1. The fraction of sp³-hybridized carbons (Fsp3) is 0.917. The second kappa shape index (κ2) is 4.72. The molecule has 0 aromatic carbocycles. The molecule has 2 aliphatic heterocycles. The lowest BCUT2D eigenvalue weighted by atomic mass is 9.91. The van der Waals surface area contributed by atoms with Gasteiger partial charge in [-0.2, -0.15) is 0 Å². The number of likely N-dealkylation sites (tertiary alicyclic amines) is 1. The van der Waals surface area contributed by atoms with Crippen molar-refractivity contribution < 1.29 is 9.53 Å². The molecule has 2 N–H and O–H groups in total. The Kier molecular flexibility index (Phi) is 3.50. The first kappa shape index (κ1) is 11.9. The lowest BCUT2D eigenvalue weighted by Crippen LogP contribution is -2.50. The number of carbonyl (C=O) groups is 1. The zero-order valence-electron chi connectivity index (χ0n) is 10.2. The molecule has 0 spiro atoms. The first-order chi connectivity index (χ1) is 7.59. The number of hydrogen-bond acceptors (Lipinski definition) is 3. The Bertz CT molecular complexity index is 270. The van der Waals surface area contributed by atoms with Crippen LogP contribution in [0.4, 0.5) is 0 Å². The van der Waals surface area contributed by atoms with E-state index >= 15 is 0 Å². The summed E-state index contributed by atoms with van der Waals surface area (Å²) in [4.78, 5) is 14.3. The number of ether oxygens (including phenoxy) is 1. The zero-order valence-corrected chi connectivity index (χ0v) is 10.2. The highest BCUT2D eigenvalue weighted by molar-refractivity contribution is 5.80. The molecule has 4 unspecified atom stereocenters. The van der Waals surface area contributed by atoms with E-state index in [1.807, 2.05) is 4.90 Å². The smallest absolute Gasteiger partial charge is 0.229 e. The molecule has 92 valence electrons. The summed E-state index contributed by atoms with van der Waals surface area (Å²) in [5, 5.41) is 0. The van der Waals surface area contributed by atoms with Crippen molar-refractivity contribution >= 4 is 5.91 Å². The van der Waals surface area contributed by atoms with Gasteiger partial charge in [-0.1, -0.05) is 6.92 Å². The highest BCUT2D eigenvalue weighted by Gasteiger charge is 2.37. The van der Waals surface area contributed by atoms with E-state index in [-0.39, 0.29) is 17.9 Å². The number of nitrogens with zero attached hydrogens (tertiary/aromatic N) is 1. The molecule has 0 aromatic heterocycles. The van der Waals surface area contributed by atoms with Gasteiger partial charge in [-0.15, -0.1) is 0 Å². The topological polar surface area (TPSA) is 55.6 Å². The van der Waals surface area contributed by atoms with Gasteiger partial charge in [-0.25, -0.2) is 0 Å². The van der Waals surface area contributed by atoms with Crippen LogP contribution in [0.3, 0.4) is 0 Å². The summed E-state index contributed by atoms with van der Waals surface area (Å²) < 4.78 is 5.27. The normalized spacial score (nSPS) is 40.1. The lowest BCUT2D eigenvalue weighted by molar-refractivity contribution is -0.139. The largest absolute Gasteiger partial charge is 0.379 e. The van der Waals surface area contributed by atoms with Crippen molar-refractivity contribution in [2.45, 2.75) is 38.8 Å². The van der Waals surface area contributed by atoms with E-state index in [1.54, 1.807) is 0 Å². The summed E-state index contributed by atoms with van der Waals surface area (Å²) in [6.07, 6.45) is 2.22. The van der Waals surface area contributed by atoms with Crippen LogP contribution in [0.5, 0.6) is 0 Å². The van der Waals surface area contributed by atoms with Crippen molar-refractivity contribution in [3.8, 4) is 0 Å². The van der Waals surface area contributed by atoms with E-state index < -0.39 is 0 Å². The number of hydrogen-bond donors (Lipinski definition) is 1. The lowest BCUT2D eigenvalue weighted by Gasteiger charge is -2.38. The minimum absolute atomic E-state index is 0.112. The highest BCUT2D eigenvalue weighted by Crippen LogP contribution is 2.25. The Morgan fingerprint density at radius 2 is 2.12 bits per heavy atom. The third-order valence-corrected chi connectivity index (χ3v) is 3.86. The van der Waals surface area contributed by atoms with Crippen LogP contribution in [-0.2, 0) is 9.53 Å². The fourth-order valence-corrected chi connectivity index (χ4v) is 2.77. The predicted octanol–water partition coefficient (Wildman–Crippen LogP) is 0.607. The van der Waals surface area contributed by atoms with Gasteiger partial charge < -0.3 is 15.4 Å². The SMILES string of the molecule is CC1CCN(C(=O)C2COCC2N)C(C)C1. The standard InChI is InChI=1S/C12H22N2O2/c1-8-3-4-14(9(2)5-8)12(15)10-6-16-7-11(10)13/h8-11H,3-7,13H2,1-2H3. The number of nitrogens with two attached hydrogens (primary N) is 1. The maximum Gasteiger partial charge on any atom is 0.229 e. The molecule has 1 amide bonds. The first-order valence-corrected chi connectivity index (χ1v) is 6.23. The van der Waals surface area contributed by atoms with Crippen molar-refractivity contribution in [2.24, 2.45) is 17.6 Å². The molecule has 2 saturated heterocycles. The van der Waals surface area contributed by atoms with E-state index in [0.29, 0.717) is 19.3 Å². The maximum absolute atomic E-state index is 12.3. The Balaban J connectivity index is 1.98. The number of carbonyl (C=O) groups excluding carboxylic acids is 1. The summed E-state index contributed by atoms with van der Waals surface area (Å²) in [7, 11) is 0. The minimum Gasteiger partial charge on any atom is -0.379 e. The molecular formula is C12H22N2O2. The quantitative estimate of drug-likeness (QED) is 0.712. The second-order valence-corrected chi connectivity index (χ2v) is 5.32. The average molecular weight is 226 g/mol. The third-order valence-electron chi connectivity index (χ3n) is 3.86. The van der Waals surface area contributed by atoms with E-state index in [0.717, 1.165) is 25.3 Å². The molecule has 16 heavy (non-hydrogen) atoms. The molecule has 0 bridgehead atoms. The van der Waals surface area contributed by atoms with Crippen LogP contribution in [0, 0.1) is 11.8 Å². The van der Waals surface area contributed by atoms with Crippen LogP contribution in [-0.4, -0.2) is 42.6 Å². The van der Waals surface area contributed by atoms with Gasteiger partial charge >= 0.3 is 0 Å². The van der Waals surface area contributed by atoms with E-state index in [9.17, 15) is 4.79 Å². The minimum atomic E-state index is -0.115. The van der Waals surface area contributed by atoms with Gasteiger partial charge in [-0.05, 0) is 25.7 Å². The van der Waals surface area contributed by atoms with Gasteiger partial charge in [-0.3, -0.25) is 4.79 Å². The van der Waals surface area contributed by atoms with Crippen molar-refractivity contribution in [1.82, 2.24) is 4.90 Å². The molecule has 0 radical (unpaired) electrons. The van der Waals surface area contributed by atoms with Gasteiger partial charge in [0.2, 0.25) is 5.91 Å². The van der Waals surface area contributed by atoms with Crippen LogP contribution in [0.1, 0.15) is 26.7 Å². The summed E-state index contributed by atoms with van der Waals surface area (Å²) >= 11 is 0. The second-order valence-electron chi connectivity index (χ2n) is 5.32. The summed E-state index contributed by atoms with van der Waals surface area (Å²) in [6, 6.07) is 0.239. The van der Waals surface area contributed by atoms with Crippen LogP contribution in [0.2, 0.25) is 0 Å². The maximum atomic E-state index is 12.3. The zero-order chi connectivity index (χ0) is 11.7. The fourth-order valence-electron chi connectivity index (χ4n) is 2.77. The van der Waals surface area contributed by atoms with Crippen LogP contribution in [0.15, 0.2) is 0 Å². The Hall–Kier alpha value is -0.610. The molecule has 0 aliphatic carbocycles. The van der Waals surface area contributed by atoms with E-state index in [4.69, 9.17) is 10.5 Å². The van der Waals surface area contributed by atoms with Gasteiger partial charge in [0.15, 0.2) is 0 Å². The van der Waals surface area contributed by atoms with Crippen molar-refractivity contribution in [3.63, 3.8) is 0 Å². The Morgan fingerprint density at radius 3 is 2.69 bits per heavy atom. The van der Waals surface area contributed by atoms with E-state index in [2.05, 4.69) is 13.8 Å². The van der Waals surface area contributed by atoms with Crippen molar-refractivity contribution in [3.05, 3.63) is 0 Å². The van der Waals surface area contributed by atoms with Crippen LogP contribution >= 0.6 is 0 Å². The van der Waals surface area contributed by atoms with E-state index in [1.165, 1.54) is 0 Å². The molecule has 4 heteroatoms. The molecule has 0 saturated carbocycles. The molecule has 2 rings (SSSR count).